The van der Waals surface area contributed by atoms with Crippen molar-refractivity contribution in [3.63, 3.8) is 0 Å². The fourth-order valence-corrected chi connectivity index (χ4v) is 4.31. The number of rotatable bonds is 3. The van der Waals surface area contributed by atoms with Gasteiger partial charge >= 0.3 is 6.03 Å². The van der Waals surface area contributed by atoms with Crippen molar-refractivity contribution in [3.8, 4) is 0 Å². The fourth-order valence-electron chi connectivity index (χ4n) is 3.60. The molecule has 0 aromatic heterocycles. The zero-order valence-electron chi connectivity index (χ0n) is 13.8. The first-order valence-electron chi connectivity index (χ1n) is 8.31. The minimum atomic E-state index is -3.87. The van der Waals surface area contributed by atoms with E-state index in [2.05, 4.69) is 10.6 Å². The largest absolute Gasteiger partial charge is 0.373 e. The first-order valence-corrected chi connectivity index (χ1v) is 10.2. The maximum atomic E-state index is 12.2. The third-order valence-corrected chi connectivity index (χ3v) is 6.06. The number of hydrogen-bond acceptors (Lipinski definition) is 4. The van der Waals surface area contributed by atoms with Crippen molar-refractivity contribution in [1.82, 2.24) is 5.32 Å². The van der Waals surface area contributed by atoms with Gasteiger partial charge in [0, 0.05) is 0 Å². The van der Waals surface area contributed by atoms with E-state index in [9.17, 15) is 13.2 Å². The minimum Gasteiger partial charge on any atom is -0.373 e. The standard InChI is InChI=1S/C16H22ClN3O4S/c17-13-5-4-12(25(18,22)23)8-14(13)20-15(21)19-11-9-16(24-10-11)6-2-1-3-7-16/h4-5,8,11H,1-3,6-7,9-10H2,(H2,18,22,23)(H2,19,20,21)/t11-/m0/s1. The SMILES string of the molecule is NS(=O)(=O)c1ccc(Cl)c(NC(=O)N[C@@H]2COC3(CCCCC3)C2)c1. The number of ether oxygens (including phenoxy) is 1. The molecule has 0 bridgehead atoms. The van der Waals surface area contributed by atoms with Crippen molar-refractivity contribution >= 4 is 33.3 Å². The molecule has 4 N–H and O–H groups in total. The number of nitrogens with one attached hydrogen (secondary N) is 2. The van der Waals surface area contributed by atoms with Crippen LogP contribution in [0, 0.1) is 0 Å². The molecule has 7 nitrogen and oxygen atoms in total. The maximum Gasteiger partial charge on any atom is 0.319 e. The molecule has 1 atom stereocenters. The van der Waals surface area contributed by atoms with Gasteiger partial charge < -0.3 is 15.4 Å². The number of sulfonamides is 1. The van der Waals surface area contributed by atoms with Crippen LogP contribution in [0.25, 0.3) is 0 Å². The predicted octanol–water partition coefficient (Wildman–Crippen LogP) is 2.60. The number of benzene rings is 1. The number of primary sulfonamides is 1. The Hall–Kier alpha value is -1.35. The lowest BCUT2D eigenvalue weighted by molar-refractivity contribution is -0.0245. The zero-order chi connectivity index (χ0) is 18.1. The number of nitrogens with two attached hydrogens (primary N) is 1. The summed E-state index contributed by atoms with van der Waals surface area (Å²) in [5.74, 6) is 0. The zero-order valence-corrected chi connectivity index (χ0v) is 15.3. The maximum absolute atomic E-state index is 12.2. The second-order valence-corrected chi connectivity index (χ2v) is 8.71. The van der Waals surface area contributed by atoms with E-state index in [0.717, 1.165) is 32.1 Å². The second-order valence-electron chi connectivity index (χ2n) is 6.74. The molecule has 25 heavy (non-hydrogen) atoms. The number of urea groups is 1. The lowest BCUT2D eigenvalue weighted by Crippen LogP contribution is -2.39. The summed E-state index contributed by atoms with van der Waals surface area (Å²) in [7, 11) is -3.87. The summed E-state index contributed by atoms with van der Waals surface area (Å²) in [5, 5.41) is 10.8. The summed E-state index contributed by atoms with van der Waals surface area (Å²) in [6, 6.07) is 3.39. The van der Waals surface area contributed by atoms with Crippen molar-refractivity contribution in [2.45, 2.75) is 55.1 Å². The van der Waals surface area contributed by atoms with Crippen LogP contribution in [0.5, 0.6) is 0 Å². The molecule has 1 aliphatic heterocycles. The third-order valence-electron chi connectivity index (χ3n) is 4.82. The molecule has 3 rings (SSSR count). The van der Waals surface area contributed by atoms with Crippen LogP contribution in [0.15, 0.2) is 23.1 Å². The van der Waals surface area contributed by atoms with Crippen LogP contribution in [0.2, 0.25) is 5.02 Å². The van der Waals surface area contributed by atoms with E-state index in [1.807, 2.05) is 0 Å². The molecule has 1 spiro atoms. The quantitative estimate of drug-likeness (QED) is 0.740. The first kappa shape index (κ1) is 18.4. The van der Waals surface area contributed by atoms with Crippen molar-refractivity contribution in [3.05, 3.63) is 23.2 Å². The highest BCUT2D eigenvalue weighted by atomic mass is 35.5. The van der Waals surface area contributed by atoms with Gasteiger partial charge in [-0.05, 0) is 37.5 Å². The minimum absolute atomic E-state index is 0.0710. The van der Waals surface area contributed by atoms with Crippen molar-refractivity contribution in [1.29, 1.82) is 0 Å². The Bertz CT molecular complexity index is 763. The van der Waals surface area contributed by atoms with Crippen LogP contribution in [0.4, 0.5) is 10.5 Å². The van der Waals surface area contributed by atoms with E-state index in [0.29, 0.717) is 6.61 Å². The molecule has 2 amide bonds. The topological polar surface area (TPSA) is 111 Å². The molecule has 1 aromatic carbocycles. The van der Waals surface area contributed by atoms with E-state index >= 15 is 0 Å². The summed E-state index contributed by atoms with van der Waals surface area (Å²) in [6.45, 7) is 0.484. The number of carbonyl (C=O) groups is 1. The van der Waals surface area contributed by atoms with Crippen LogP contribution >= 0.6 is 11.6 Å². The molecule has 138 valence electrons. The Balaban J connectivity index is 1.62. The van der Waals surface area contributed by atoms with E-state index < -0.39 is 16.1 Å². The number of amides is 2. The van der Waals surface area contributed by atoms with Crippen molar-refractivity contribution in [2.24, 2.45) is 5.14 Å². The average molecular weight is 388 g/mol. The van der Waals surface area contributed by atoms with Gasteiger partial charge in [0.05, 0.1) is 33.9 Å². The smallest absolute Gasteiger partial charge is 0.319 e. The van der Waals surface area contributed by atoms with Gasteiger partial charge in [0.15, 0.2) is 0 Å². The number of halogens is 1. The third kappa shape index (κ3) is 4.44. The summed E-state index contributed by atoms with van der Waals surface area (Å²) in [4.78, 5) is 12.1. The molecule has 0 unspecified atom stereocenters. The number of hydrogen-bond donors (Lipinski definition) is 3. The normalized spacial score (nSPS) is 22.7. The van der Waals surface area contributed by atoms with Gasteiger partial charge in [-0.25, -0.2) is 18.4 Å². The average Bonchev–Trinajstić information content (AvgIpc) is 2.91. The molecule has 1 saturated heterocycles. The molecule has 1 saturated carbocycles. The molecule has 9 heteroatoms. The number of carbonyl (C=O) groups excluding carboxylic acids is 1. The molecule has 1 aromatic rings. The van der Waals surface area contributed by atoms with E-state index in [4.69, 9.17) is 21.5 Å². The second kappa shape index (κ2) is 7.11. The first-order chi connectivity index (χ1) is 11.8. The Morgan fingerprint density at radius 3 is 2.68 bits per heavy atom. The monoisotopic (exact) mass is 387 g/mol. The van der Waals surface area contributed by atoms with Gasteiger partial charge in [-0.3, -0.25) is 0 Å². The van der Waals surface area contributed by atoms with Gasteiger partial charge in [0.25, 0.3) is 0 Å². The van der Waals surface area contributed by atoms with Crippen LogP contribution in [-0.4, -0.2) is 32.7 Å². The van der Waals surface area contributed by atoms with Crippen LogP contribution in [-0.2, 0) is 14.8 Å². The molecule has 0 radical (unpaired) electrons. The Labute approximate surface area is 152 Å². The van der Waals surface area contributed by atoms with E-state index in [-0.39, 0.29) is 27.2 Å². The van der Waals surface area contributed by atoms with Crippen molar-refractivity contribution < 1.29 is 17.9 Å². The highest BCUT2D eigenvalue weighted by Crippen LogP contribution is 2.39. The Morgan fingerprint density at radius 2 is 2.00 bits per heavy atom. The Kier molecular flexibility index (Phi) is 5.24. The highest BCUT2D eigenvalue weighted by molar-refractivity contribution is 7.89. The molecule has 1 heterocycles. The van der Waals surface area contributed by atoms with Crippen LogP contribution in [0.1, 0.15) is 38.5 Å². The molecular formula is C16H22ClN3O4S. The summed E-state index contributed by atoms with van der Waals surface area (Å²) < 4.78 is 28.8. The summed E-state index contributed by atoms with van der Waals surface area (Å²) in [5.41, 5.74) is 0.0958. The highest BCUT2D eigenvalue weighted by Gasteiger charge is 2.41. The number of anilines is 1. The molecule has 2 fully saturated rings. The van der Waals surface area contributed by atoms with Gasteiger partial charge in [-0.2, -0.15) is 0 Å². The predicted molar refractivity (Wildman–Crippen MR) is 95.2 cm³/mol. The molecule has 1 aliphatic carbocycles. The van der Waals surface area contributed by atoms with Crippen LogP contribution < -0.4 is 15.8 Å². The summed E-state index contributed by atoms with van der Waals surface area (Å²) in [6.07, 6.45) is 6.43. The summed E-state index contributed by atoms with van der Waals surface area (Å²) >= 11 is 6.02. The molecular weight excluding hydrogens is 366 g/mol. The Morgan fingerprint density at radius 1 is 1.28 bits per heavy atom. The van der Waals surface area contributed by atoms with Gasteiger partial charge in [-0.15, -0.1) is 0 Å². The van der Waals surface area contributed by atoms with Gasteiger partial charge in [0.2, 0.25) is 10.0 Å². The molecule has 2 aliphatic rings. The van der Waals surface area contributed by atoms with Gasteiger partial charge in [0.1, 0.15) is 0 Å². The van der Waals surface area contributed by atoms with E-state index in [1.54, 1.807) is 0 Å². The lowest BCUT2D eigenvalue weighted by Gasteiger charge is -2.32. The van der Waals surface area contributed by atoms with E-state index in [1.165, 1.54) is 24.6 Å². The lowest BCUT2D eigenvalue weighted by atomic mass is 9.82. The van der Waals surface area contributed by atoms with Gasteiger partial charge in [-0.1, -0.05) is 30.9 Å². The fraction of sp³-hybridized carbons (Fsp3) is 0.562. The van der Waals surface area contributed by atoms with Crippen molar-refractivity contribution in [2.75, 3.05) is 11.9 Å². The van der Waals surface area contributed by atoms with Crippen LogP contribution in [0.3, 0.4) is 0 Å².